The zero-order valence-electron chi connectivity index (χ0n) is 32.5. The lowest BCUT2D eigenvalue weighted by molar-refractivity contribution is -0.137. The molecule has 2 heterocycles. The first-order chi connectivity index (χ1) is 29.1. The predicted octanol–water partition coefficient (Wildman–Crippen LogP) is 14.9. The molecular weight excluding hydrogens is 750 g/mol. The molecule has 10 rings (SSSR count). The zero-order valence-corrected chi connectivity index (χ0v) is 32.5. The number of nitriles is 1. The SMILES string of the molecule is [C-]#[N+]c1cc(-c2ccc(-n3c4ccccc4c4cc(-c5ccccc5C)ccc43)c(C#N)c2-n2c3ccccc3c3cc(-c4ccccc4C)ccc32)cc(C(F)(F)F)c1. The van der Waals surface area contributed by atoms with Gasteiger partial charge in [-0.3, -0.25) is 0 Å². The standard InChI is InChI=1S/C53H33F3N4/c1-32-12-4-6-14-39(32)34-20-23-49-44(28-34)42-16-8-10-18-47(42)59(49)51-25-22-41(36-26-37(53(54,55)56)30-38(27-36)58-3)52(46(51)31-57)60-48-19-11-9-17-43(48)45-29-35(21-24-50(45)60)40-15-7-5-13-33(40)2/h4-30H,1-2H3. The minimum atomic E-state index is -4.70. The van der Waals surface area contributed by atoms with E-state index in [1.165, 1.54) is 6.07 Å². The van der Waals surface area contributed by atoms with Crippen molar-refractivity contribution < 1.29 is 13.2 Å². The Hall–Kier alpha value is -7.87. The average molecular weight is 783 g/mol. The first-order valence-corrected chi connectivity index (χ1v) is 19.5. The number of fused-ring (bicyclic) bond motifs is 6. The third-order valence-electron chi connectivity index (χ3n) is 11.7. The Labute approximate surface area is 344 Å². The van der Waals surface area contributed by atoms with E-state index >= 15 is 0 Å². The van der Waals surface area contributed by atoms with Crippen LogP contribution in [-0.4, -0.2) is 9.13 Å². The van der Waals surface area contributed by atoms with Crippen LogP contribution in [0.2, 0.25) is 0 Å². The van der Waals surface area contributed by atoms with Crippen molar-refractivity contribution in [2.75, 3.05) is 0 Å². The first-order valence-electron chi connectivity index (χ1n) is 19.5. The van der Waals surface area contributed by atoms with E-state index in [2.05, 4.69) is 90.0 Å². The molecule has 0 aliphatic carbocycles. The van der Waals surface area contributed by atoms with Crippen molar-refractivity contribution in [3.63, 3.8) is 0 Å². The van der Waals surface area contributed by atoms with Gasteiger partial charge in [-0.25, -0.2) is 4.85 Å². The summed E-state index contributed by atoms with van der Waals surface area (Å²) < 4.78 is 47.5. The fraction of sp³-hybridized carbons (Fsp3) is 0.0566. The third kappa shape index (κ3) is 5.74. The number of benzene rings is 8. The van der Waals surface area contributed by atoms with Gasteiger partial charge in [0.2, 0.25) is 0 Å². The van der Waals surface area contributed by atoms with E-state index in [4.69, 9.17) is 6.57 Å². The Kier molecular flexibility index (Phi) is 8.45. The molecule has 60 heavy (non-hydrogen) atoms. The number of alkyl halides is 3. The molecule has 0 saturated carbocycles. The van der Waals surface area contributed by atoms with Crippen LogP contribution in [0.5, 0.6) is 0 Å². The van der Waals surface area contributed by atoms with Crippen LogP contribution >= 0.6 is 0 Å². The van der Waals surface area contributed by atoms with Crippen molar-refractivity contribution >= 4 is 49.3 Å². The molecule has 2 aromatic heterocycles. The summed E-state index contributed by atoms with van der Waals surface area (Å²) in [6.07, 6.45) is -4.70. The van der Waals surface area contributed by atoms with E-state index in [9.17, 15) is 18.4 Å². The van der Waals surface area contributed by atoms with Crippen LogP contribution in [0.25, 0.3) is 93.2 Å². The fourth-order valence-electron chi connectivity index (χ4n) is 8.91. The minimum absolute atomic E-state index is 0.148. The van der Waals surface area contributed by atoms with Gasteiger partial charge in [0.25, 0.3) is 0 Å². The van der Waals surface area contributed by atoms with E-state index < -0.39 is 11.7 Å². The summed E-state index contributed by atoms with van der Waals surface area (Å²) >= 11 is 0. The molecule has 286 valence electrons. The highest BCUT2D eigenvalue weighted by Gasteiger charge is 2.32. The van der Waals surface area contributed by atoms with Crippen LogP contribution in [0.15, 0.2) is 164 Å². The van der Waals surface area contributed by atoms with Crippen LogP contribution in [0.4, 0.5) is 18.9 Å². The Morgan fingerprint density at radius 1 is 0.517 bits per heavy atom. The fourth-order valence-corrected chi connectivity index (χ4v) is 8.91. The van der Waals surface area contributed by atoms with Crippen LogP contribution in [0.3, 0.4) is 0 Å². The summed E-state index contributed by atoms with van der Waals surface area (Å²) in [5.74, 6) is 0. The van der Waals surface area contributed by atoms with Gasteiger partial charge in [0.15, 0.2) is 5.69 Å². The monoisotopic (exact) mass is 782 g/mol. The molecular formula is C53H33F3N4. The topological polar surface area (TPSA) is 38.0 Å². The summed E-state index contributed by atoms with van der Waals surface area (Å²) in [5.41, 5.74) is 10.7. The second-order valence-electron chi connectivity index (χ2n) is 15.1. The zero-order chi connectivity index (χ0) is 41.3. The first kappa shape index (κ1) is 36.5. The molecule has 0 N–H and O–H groups in total. The lowest BCUT2D eigenvalue weighted by atomic mass is 9.96. The van der Waals surface area contributed by atoms with E-state index in [1.807, 2.05) is 83.4 Å². The number of halogens is 3. The molecule has 0 atom stereocenters. The van der Waals surface area contributed by atoms with E-state index in [1.54, 1.807) is 6.07 Å². The van der Waals surface area contributed by atoms with Crippen LogP contribution in [0, 0.1) is 31.8 Å². The van der Waals surface area contributed by atoms with E-state index in [0.29, 0.717) is 16.9 Å². The second kappa shape index (κ2) is 13.9. The number of nitrogens with zero attached hydrogens (tertiary/aromatic N) is 4. The van der Waals surface area contributed by atoms with Gasteiger partial charge in [0, 0.05) is 32.7 Å². The Morgan fingerprint density at radius 2 is 1.03 bits per heavy atom. The number of hydrogen-bond acceptors (Lipinski definition) is 1. The molecule has 0 saturated heterocycles. The molecule has 0 unspecified atom stereocenters. The largest absolute Gasteiger partial charge is 0.415 e. The van der Waals surface area contributed by atoms with E-state index in [-0.39, 0.29) is 16.8 Å². The van der Waals surface area contributed by atoms with Gasteiger partial charge >= 0.3 is 6.18 Å². The second-order valence-corrected chi connectivity index (χ2v) is 15.1. The number of rotatable bonds is 5. The molecule has 8 aromatic carbocycles. The molecule has 4 nitrogen and oxygen atoms in total. The van der Waals surface area contributed by atoms with Crippen molar-refractivity contribution in [1.82, 2.24) is 9.13 Å². The van der Waals surface area contributed by atoms with Gasteiger partial charge in [-0.05, 0) is 113 Å². The summed E-state index contributed by atoms with van der Waals surface area (Å²) in [6, 6.07) is 54.6. The number of aryl methyl sites for hydroxylation is 2. The molecule has 0 bridgehead atoms. The Morgan fingerprint density at radius 3 is 1.58 bits per heavy atom. The summed E-state index contributed by atoms with van der Waals surface area (Å²) in [5, 5.41) is 15.3. The molecule has 7 heteroatoms. The highest BCUT2D eigenvalue weighted by molar-refractivity contribution is 6.13. The molecule has 0 amide bonds. The van der Waals surface area contributed by atoms with Crippen molar-refractivity contribution in [1.29, 1.82) is 5.26 Å². The Bertz CT molecular complexity index is 3480. The Balaban J connectivity index is 1.33. The summed E-state index contributed by atoms with van der Waals surface area (Å²) in [7, 11) is 0. The maximum absolute atomic E-state index is 14.5. The van der Waals surface area contributed by atoms with Crippen molar-refractivity contribution in [2.45, 2.75) is 20.0 Å². The summed E-state index contributed by atoms with van der Waals surface area (Å²) in [6.45, 7) is 11.9. The van der Waals surface area contributed by atoms with Gasteiger partial charge in [-0.15, -0.1) is 0 Å². The molecule has 0 fully saturated rings. The molecule has 0 spiro atoms. The van der Waals surface area contributed by atoms with Crippen LogP contribution in [0.1, 0.15) is 22.3 Å². The van der Waals surface area contributed by atoms with Crippen molar-refractivity contribution in [3.05, 3.63) is 197 Å². The maximum Gasteiger partial charge on any atom is 0.415 e. The highest BCUT2D eigenvalue weighted by Crippen LogP contribution is 2.45. The number of hydrogen-bond donors (Lipinski definition) is 0. The van der Waals surface area contributed by atoms with Gasteiger partial charge in [0.1, 0.15) is 11.6 Å². The van der Waals surface area contributed by atoms with Gasteiger partial charge in [-0.2, -0.15) is 18.4 Å². The normalized spacial score (nSPS) is 11.7. The highest BCUT2D eigenvalue weighted by atomic mass is 19.4. The maximum atomic E-state index is 14.5. The third-order valence-corrected chi connectivity index (χ3v) is 11.7. The number of para-hydroxylation sites is 2. The van der Waals surface area contributed by atoms with Crippen LogP contribution < -0.4 is 0 Å². The molecule has 0 radical (unpaired) electrons. The summed E-state index contributed by atoms with van der Waals surface area (Å²) in [4.78, 5) is 3.45. The predicted molar refractivity (Wildman–Crippen MR) is 237 cm³/mol. The van der Waals surface area contributed by atoms with Crippen molar-refractivity contribution in [3.8, 4) is 50.8 Å². The number of aromatic nitrogens is 2. The lowest BCUT2D eigenvalue weighted by Gasteiger charge is -2.21. The average Bonchev–Trinajstić information content (AvgIpc) is 3.77. The molecule has 0 aliphatic rings. The van der Waals surface area contributed by atoms with E-state index in [0.717, 1.165) is 89.1 Å². The van der Waals surface area contributed by atoms with Crippen LogP contribution in [-0.2, 0) is 6.18 Å². The lowest BCUT2D eigenvalue weighted by Crippen LogP contribution is -2.08. The molecule has 0 aliphatic heterocycles. The minimum Gasteiger partial charge on any atom is -0.308 e. The quantitative estimate of drug-likeness (QED) is 0.160. The molecule has 10 aromatic rings. The van der Waals surface area contributed by atoms with Gasteiger partial charge in [0.05, 0.1) is 40.0 Å². The van der Waals surface area contributed by atoms with Gasteiger partial charge < -0.3 is 9.13 Å². The smallest absolute Gasteiger partial charge is 0.308 e. The van der Waals surface area contributed by atoms with Crippen molar-refractivity contribution in [2.24, 2.45) is 0 Å². The van der Waals surface area contributed by atoms with Gasteiger partial charge in [-0.1, -0.05) is 103 Å².